The number of carbonyl (C=O) groups excluding carboxylic acids is 1. The van der Waals surface area contributed by atoms with Crippen molar-refractivity contribution in [2.75, 3.05) is 0 Å². The molecule has 1 N–H and O–H groups in total. The number of nitrogens with one attached hydrogen (secondary N) is 1. The molecule has 0 radical (unpaired) electrons. The minimum Gasteiger partial charge on any atom is -0.347 e. The van der Waals surface area contributed by atoms with Gasteiger partial charge in [-0.2, -0.15) is 0 Å². The van der Waals surface area contributed by atoms with Crippen LogP contribution in [0.5, 0.6) is 0 Å². The summed E-state index contributed by atoms with van der Waals surface area (Å²) in [6.45, 7) is 3.48. The van der Waals surface area contributed by atoms with E-state index in [4.69, 9.17) is 0 Å². The van der Waals surface area contributed by atoms with Crippen LogP contribution in [0.4, 0.5) is 0 Å². The minimum atomic E-state index is -0.0504. The molecule has 0 bridgehead atoms. The van der Waals surface area contributed by atoms with Crippen molar-refractivity contribution < 1.29 is 4.79 Å². The standard InChI is InChI=1S/C14H17NO/c1-2-13(16)15-14(10-11-14)9-8-12-6-4-3-5-7-12/h2-7H,1,8-11H2,(H,15,16). The first-order valence-electron chi connectivity index (χ1n) is 5.73. The van der Waals surface area contributed by atoms with Gasteiger partial charge in [0.15, 0.2) is 0 Å². The number of amides is 1. The first-order chi connectivity index (χ1) is 7.74. The Bertz CT molecular complexity index is 379. The number of benzene rings is 1. The molecule has 1 saturated carbocycles. The van der Waals surface area contributed by atoms with E-state index in [0.29, 0.717) is 0 Å². The highest BCUT2D eigenvalue weighted by Crippen LogP contribution is 2.39. The fraction of sp³-hybridized carbons (Fsp3) is 0.357. The number of carbonyl (C=O) groups is 1. The summed E-state index contributed by atoms with van der Waals surface area (Å²) in [5.74, 6) is -0.0504. The van der Waals surface area contributed by atoms with E-state index < -0.39 is 0 Å². The summed E-state index contributed by atoms with van der Waals surface area (Å²) in [5.41, 5.74) is 1.39. The monoisotopic (exact) mass is 215 g/mol. The van der Waals surface area contributed by atoms with Crippen LogP contribution in [0.2, 0.25) is 0 Å². The fourth-order valence-corrected chi connectivity index (χ4v) is 1.93. The zero-order valence-electron chi connectivity index (χ0n) is 9.41. The molecule has 84 valence electrons. The summed E-state index contributed by atoms with van der Waals surface area (Å²) in [7, 11) is 0. The molecular weight excluding hydrogens is 198 g/mol. The molecule has 2 nitrogen and oxygen atoms in total. The number of hydrogen-bond donors (Lipinski definition) is 1. The molecule has 0 atom stereocenters. The SMILES string of the molecule is C=CC(=O)NC1(CCc2ccccc2)CC1. The lowest BCUT2D eigenvalue weighted by atomic mass is 10.0. The second kappa shape index (κ2) is 4.52. The third-order valence-corrected chi connectivity index (χ3v) is 3.16. The number of aryl methyl sites for hydroxylation is 1. The van der Waals surface area contributed by atoms with Gasteiger partial charge in [-0.05, 0) is 37.3 Å². The number of rotatable bonds is 5. The van der Waals surface area contributed by atoms with Gasteiger partial charge in [-0.3, -0.25) is 4.79 Å². The molecule has 1 amide bonds. The van der Waals surface area contributed by atoms with Crippen molar-refractivity contribution in [2.45, 2.75) is 31.2 Å². The number of hydrogen-bond acceptors (Lipinski definition) is 1. The van der Waals surface area contributed by atoms with Gasteiger partial charge >= 0.3 is 0 Å². The zero-order valence-corrected chi connectivity index (χ0v) is 9.41. The van der Waals surface area contributed by atoms with Gasteiger partial charge < -0.3 is 5.32 Å². The molecule has 0 heterocycles. The maximum Gasteiger partial charge on any atom is 0.243 e. The third kappa shape index (κ3) is 2.72. The van der Waals surface area contributed by atoms with Gasteiger partial charge in [-0.15, -0.1) is 0 Å². The Kier molecular flexibility index (Phi) is 3.09. The topological polar surface area (TPSA) is 29.1 Å². The Hall–Kier alpha value is -1.57. The van der Waals surface area contributed by atoms with E-state index in [1.807, 2.05) is 6.07 Å². The molecule has 0 spiro atoms. The Morgan fingerprint density at radius 1 is 1.38 bits per heavy atom. The summed E-state index contributed by atoms with van der Waals surface area (Å²) in [4.78, 5) is 11.2. The average molecular weight is 215 g/mol. The van der Waals surface area contributed by atoms with E-state index in [-0.39, 0.29) is 11.4 Å². The van der Waals surface area contributed by atoms with Gasteiger partial charge in [0, 0.05) is 5.54 Å². The predicted octanol–water partition coefficient (Wildman–Crippen LogP) is 2.45. The van der Waals surface area contributed by atoms with Crippen molar-refractivity contribution in [1.29, 1.82) is 0 Å². The van der Waals surface area contributed by atoms with Gasteiger partial charge in [-0.1, -0.05) is 36.9 Å². The van der Waals surface area contributed by atoms with Crippen LogP contribution in [0.1, 0.15) is 24.8 Å². The fourth-order valence-electron chi connectivity index (χ4n) is 1.93. The Morgan fingerprint density at radius 2 is 2.06 bits per heavy atom. The Morgan fingerprint density at radius 3 is 2.62 bits per heavy atom. The third-order valence-electron chi connectivity index (χ3n) is 3.16. The van der Waals surface area contributed by atoms with E-state index in [2.05, 4.69) is 36.2 Å². The lowest BCUT2D eigenvalue weighted by Gasteiger charge is -2.16. The van der Waals surface area contributed by atoms with Crippen molar-refractivity contribution in [2.24, 2.45) is 0 Å². The van der Waals surface area contributed by atoms with Gasteiger partial charge in [-0.25, -0.2) is 0 Å². The summed E-state index contributed by atoms with van der Waals surface area (Å²) in [6.07, 6.45) is 5.59. The van der Waals surface area contributed by atoms with Crippen molar-refractivity contribution in [1.82, 2.24) is 5.32 Å². The van der Waals surface area contributed by atoms with Crippen LogP contribution in [-0.4, -0.2) is 11.4 Å². The normalized spacial score (nSPS) is 16.5. The largest absolute Gasteiger partial charge is 0.347 e. The van der Waals surface area contributed by atoms with Crippen LogP contribution in [0.3, 0.4) is 0 Å². The van der Waals surface area contributed by atoms with Crippen LogP contribution >= 0.6 is 0 Å². The van der Waals surface area contributed by atoms with Crippen LogP contribution < -0.4 is 5.32 Å². The average Bonchev–Trinajstić information content (AvgIpc) is 3.08. The van der Waals surface area contributed by atoms with E-state index in [1.54, 1.807) is 0 Å². The highest BCUT2D eigenvalue weighted by molar-refractivity contribution is 5.87. The molecule has 2 heteroatoms. The molecule has 1 aliphatic rings. The van der Waals surface area contributed by atoms with Crippen LogP contribution in [0.15, 0.2) is 43.0 Å². The second-order valence-electron chi connectivity index (χ2n) is 4.46. The molecule has 16 heavy (non-hydrogen) atoms. The minimum absolute atomic E-state index is 0.0504. The van der Waals surface area contributed by atoms with E-state index in [9.17, 15) is 4.79 Å². The first-order valence-corrected chi connectivity index (χ1v) is 5.73. The van der Waals surface area contributed by atoms with Crippen molar-refractivity contribution in [3.63, 3.8) is 0 Å². The maximum absolute atomic E-state index is 11.2. The van der Waals surface area contributed by atoms with Crippen LogP contribution in [0.25, 0.3) is 0 Å². The molecule has 1 aromatic carbocycles. The Balaban J connectivity index is 1.86. The van der Waals surface area contributed by atoms with E-state index in [1.165, 1.54) is 11.6 Å². The van der Waals surface area contributed by atoms with Crippen LogP contribution in [-0.2, 0) is 11.2 Å². The summed E-state index contributed by atoms with van der Waals surface area (Å²) in [6, 6.07) is 10.4. The molecule has 0 unspecified atom stereocenters. The lowest BCUT2D eigenvalue weighted by molar-refractivity contribution is -0.117. The molecule has 1 fully saturated rings. The van der Waals surface area contributed by atoms with E-state index in [0.717, 1.165) is 25.7 Å². The molecular formula is C14H17NO. The van der Waals surface area contributed by atoms with E-state index >= 15 is 0 Å². The highest BCUT2D eigenvalue weighted by atomic mass is 16.1. The van der Waals surface area contributed by atoms with Crippen molar-refractivity contribution in [3.05, 3.63) is 48.6 Å². The summed E-state index contributed by atoms with van der Waals surface area (Å²) >= 11 is 0. The smallest absolute Gasteiger partial charge is 0.243 e. The molecule has 1 aliphatic carbocycles. The zero-order chi connectivity index (χ0) is 11.4. The lowest BCUT2D eigenvalue weighted by Crippen LogP contribution is -2.35. The van der Waals surface area contributed by atoms with Gasteiger partial charge in [0.05, 0.1) is 0 Å². The van der Waals surface area contributed by atoms with Crippen molar-refractivity contribution >= 4 is 5.91 Å². The molecule has 1 aromatic rings. The molecule has 0 aromatic heterocycles. The maximum atomic E-state index is 11.2. The Labute approximate surface area is 96.4 Å². The molecule has 0 saturated heterocycles. The van der Waals surface area contributed by atoms with Gasteiger partial charge in [0.25, 0.3) is 0 Å². The van der Waals surface area contributed by atoms with Crippen molar-refractivity contribution in [3.8, 4) is 0 Å². The predicted molar refractivity (Wildman–Crippen MR) is 65.1 cm³/mol. The molecule has 2 rings (SSSR count). The molecule has 0 aliphatic heterocycles. The summed E-state index contributed by atoms with van der Waals surface area (Å²) in [5, 5.41) is 3.03. The first kappa shape index (κ1) is 10.9. The van der Waals surface area contributed by atoms with Crippen LogP contribution in [0, 0.1) is 0 Å². The highest BCUT2D eigenvalue weighted by Gasteiger charge is 2.42. The van der Waals surface area contributed by atoms with Gasteiger partial charge in [0.2, 0.25) is 5.91 Å². The van der Waals surface area contributed by atoms with Gasteiger partial charge in [0.1, 0.15) is 0 Å². The summed E-state index contributed by atoms with van der Waals surface area (Å²) < 4.78 is 0. The quantitative estimate of drug-likeness (QED) is 0.751. The second-order valence-corrected chi connectivity index (χ2v) is 4.46.